The molecular formula is C17H19N3O3. The lowest BCUT2D eigenvalue weighted by atomic mass is 9.85. The van der Waals surface area contributed by atoms with Crippen molar-refractivity contribution in [3.8, 4) is 0 Å². The number of aromatic nitrogens is 2. The van der Waals surface area contributed by atoms with Gasteiger partial charge >= 0.3 is 5.97 Å². The summed E-state index contributed by atoms with van der Waals surface area (Å²) in [7, 11) is 0. The number of hydrogen-bond acceptors (Lipinski definition) is 5. The highest BCUT2D eigenvalue weighted by Crippen LogP contribution is 2.35. The Morgan fingerprint density at radius 2 is 2.22 bits per heavy atom. The van der Waals surface area contributed by atoms with E-state index in [1.165, 1.54) is 6.42 Å². The molecular weight excluding hydrogens is 294 g/mol. The number of anilines is 1. The van der Waals surface area contributed by atoms with Gasteiger partial charge in [-0.2, -0.15) is 4.98 Å². The molecule has 1 aromatic carbocycles. The van der Waals surface area contributed by atoms with Crippen LogP contribution in [0.4, 0.5) is 5.69 Å². The first-order valence-corrected chi connectivity index (χ1v) is 8.15. The zero-order valence-electron chi connectivity index (χ0n) is 12.9. The summed E-state index contributed by atoms with van der Waals surface area (Å²) in [5, 5.41) is 13.5. The van der Waals surface area contributed by atoms with Crippen molar-refractivity contribution >= 4 is 11.7 Å². The van der Waals surface area contributed by atoms with E-state index >= 15 is 0 Å². The minimum Gasteiger partial charge on any atom is -0.478 e. The molecule has 4 rings (SSSR count). The van der Waals surface area contributed by atoms with Gasteiger partial charge in [-0.3, -0.25) is 0 Å². The van der Waals surface area contributed by atoms with E-state index in [2.05, 4.69) is 15.0 Å². The summed E-state index contributed by atoms with van der Waals surface area (Å²) in [5.41, 5.74) is 2.29. The number of carboxylic acid groups (broad SMARTS) is 1. The number of benzene rings is 1. The number of carbonyl (C=O) groups is 1. The van der Waals surface area contributed by atoms with E-state index in [4.69, 9.17) is 4.52 Å². The van der Waals surface area contributed by atoms with Crippen LogP contribution < -0.4 is 4.90 Å². The summed E-state index contributed by atoms with van der Waals surface area (Å²) in [6, 6.07) is 5.46. The van der Waals surface area contributed by atoms with E-state index in [-0.39, 0.29) is 0 Å². The molecule has 1 aliphatic heterocycles. The van der Waals surface area contributed by atoms with Crippen molar-refractivity contribution in [2.75, 3.05) is 11.4 Å². The van der Waals surface area contributed by atoms with Gasteiger partial charge in [0, 0.05) is 18.2 Å². The second-order valence-electron chi connectivity index (χ2n) is 6.31. The molecule has 1 aliphatic carbocycles. The minimum absolute atomic E-state index is 0.399. The molecule has 1 fully saturated rings. The third-order valence-corrected chi connectivity index (χ3v) is 4.85. The van der Waals surface area contributed by atoms with Crippen molar-refractivity contribution in [2.24, 2.45) is 0 Å². The first-order valence-electron chi connectivity index (χ1n) is 8.15. The van der Waals surface area contributed by atoms with Gasteiger partial charge in [0.1, 0.15) is 0 Å². The maximum atomic E-state index is 11.4. The van der Waals surface area contributed by atoms with Gasteiger partial charge in [-0.1, -0.05) is 17.6 Å². The average molecular weight is 313 g/mol. The van der Waals surface area contributed by atoms with E-state index in [0.717, 1.165) is 49.4 Å². The van der Waals surface area contributed by atoms with Crippen molar-refractivity contribution in [1.29, 1.82) is 0 Å². The van der Waals surface area contributed by atoms with Crippen LogP contribution in [0.2, 0.25) is 0 Å². The molecule has 0 atom stereocenters. The van der Waals surface area contributed by atoms with Gasteiger partial charge in [0.05, 0.1) is 12.1 Å². The maximum Gasteiger partial charge on any atom is 0.336 e. The molecule has 120 valence electrons. The summed E-state index contributed by atoms with van der Waals surface area (Å²) in [6.45, 7) is 1.44. The predicted octanol–water partition coefficient (Wildman–Crippen LogP) is 2.99. The van der Waals surface area contributed by atoms with Crippen LogP contribution in [0, 0.1) is 0 Å². The standard InChI is InChI=1S/C17H19N3O3/c21-17(22)13-6-2-8-14-12(13)7-3-9-20(14)10-15-18-16(23-19-15)11-4-1-5-11/h2,6,8,11H,1,3-5,7,9-10H2,(H,21,22). The molecule has 0 saturated heterocycles. The normalized spacial score (nSPS) is 17.7. The monoisotopic (exact) mass is 313 g/mol. The molecule has 23 heavy (non-hydrogen) atoms. The number of carboxylic acids is 1. The third kappa shape index (κ3) is 2.58. The number of nitrogens with zero attached hydrogens (tertiary/aromatic N) is 3. The largest absolute Gasteiger partial charge is 0.478 e. The van der Waals surface area contributed by atoms with Crippen molar-refractivity contribution < 1.29 is 14.4 Å². The van der Waals surface area contributed by atoms with Gasteiger partial charge in [0.25, 0.3) is 0 Å². The Balaban J connectivity index is 1.58. The Labute approximate surface area is 134 Å². The number of hydrogen-bond donors (Lipinski definition) is 1. The van der Waals surface area contributed by atoms with E-state index in [1.807, 2.05) is 6.07 Å². The second-order valence-corrected chi connectivity index (χ2v) is 6.31. The summed E-state index contributed by atoms with van der Waals surface area (Å²) < 4.78 is 5.38. The van der Waals surface area contributed by atoms with Crippen LogP contribution in [0.3, 0.4) is 0 Å². The lowest BCUT2D eigenvalue weighted by molar-refractivity contribution is 0.0695. The van der Waals surface area contributed by atoms with Crippen LogP contribution in [-0.4, -0.2) is 27.8 Å². The second kappa shape index (κ2) is 5.68. The van der Waals surface area contributed by atoms with E-state index in [0.29, 0.717) is 23.9 Å². The molecule has 0 amide bonds. The van der Waals surface area contributed by atoms with Gasteiger partial charge in [-0.15, -0.1) is 0 Å². The van der Waals surface area contributed by atoms with Gasteiger partial charge in [-0.05, 0) is 43.4 Å². The summed E-state index contributed by atoms with van der Waals surface area (Å²) in [6.07, 6.45) is 5.24. The van der Waals surface area contributed by atoms with E-state index in [1.54, 1.807) is 12.1 Å². The molecule has 2 aliphatic rings. The molecule has 1 N–H and O–H groups in total. The Kier molecular flexibility index (Phi) is 3.52. The Morgan fingerprint density at radius 3 is 2.96 bits per heavy atom. The lowest BCUT2D eigenvalue weighted by Crippen LogP contribution is -2.30. The van der Waals surface area contributed by atoms with Crippen LogP contribution in [0.25, 0.3) is 0 Å². The van der Waals surface area contributed by atoms with Crippen molar-refractivity contribution in [3.63, 3.8) is 0 Å². The molecule has 6 nitrogen and oxygen atoms in total. The quantitative estimate of drug-likeness (QED) is 0.934. The maximum absolute atomic E-state index is 11.4. The molecule has 2 aromatic rings. The molecule has 1 aromatic heterocycles. The van der Waals surface area contributed by atoms with Crippen LogP contribution in [0.15, 0.2) is 22.7 Å². The fourth-order valence-electron chi connectivity index (χ4n) is 3.39. The summed E-state index contributed by atoms with van der Waals surface area (Å²) in [5.74, 6) is 1.00. The Bertz CT molecular complexity index is 736. The Hall–Kier alpha value is -2.37. The van der Waals surface area contributed by atoms with Crippen LogP contribution in [0.1, 0.15) is 59.2 Å². The van der Waals surface area contributed by atoms with Crippen molar-refractivity contribution in [2.45, 2.75) is 44.6 Å². The zero-order chi connectivity index (χ0) is 15.8. The average Bonchev–Trinajstić information content (AvgIpc) is 2.93. The van der Waals surface area contributed by atoms with Crippen molar-refractivity contribution in [1.82, 2.24) is 10.1 Å². The zero-order valence-corrected chi connectivity index (χ0v) is 12.9. The fraction of sp³-hybridized carbons (Fsp3) is 0.471. The molecule has 2 heterocycles. The van der Waals surface area contributed by atoms with Crippen LogP contribution in [-0.2, 0) is 13.0 Å². The molecule has 6 heteroatoms. The highest BCUT2D eigenvalue weighted by atomic mass is 16.5. The van der Waals surface area contributed by atoms with Crippen LogP contribution in [0.5, 0.6) is 0 Å². The first-order chi connectivity index (χ1) is 11.2. The topological polar surface area (TPSA) is 79.5 Å². The van der Waals surface area contributed by atoms with Crippen molar-refractivity contribution in [3.05, 3.63) is 41.0 Å². The lowest BCUT2D eigenvalue weighted by Gasteiger charge is -2.31. The number of aromatic carboxylic acids is 1. The van der Waals surface area contributed by atoms with Gasteiger partial charge < -0.3 is 14.5 Å². The SMILES string of the molecule is O=C(O)c1cccc2c1CCCN2Cc1noc(C2CCC2)n1. The molecule has 1 saturated carbocycles. The van der Waals surface area contributed by atoms with E-state index < -0.39 is 5.97 Å². The highest BCUT2D eigenvalue weighted by molar-refractivity contribution is 5.91. The smallest absolute Gasteiger partial charge is 0.336 e. The third-order valence-electron chi connectivity index (χ3n) is 4.85. The first kappa shape index (κ1) is 14.2. The van der Waals surface area contributed by atoms with Gasteiger partial charge in [0.2, 0.25) is 5.89 Å². The predicted molar refractivity (Wildman–Crippen MR) is 83.7 cm³/mol. The minimum atomic E-state index is -0.865. The van der Waals surface area contributed by atoms with Gasteiger partial charge in [-0.25, -0.2) is 4.79 Å². The fourth-order valence-corrected chi connectivity index (χ4v) is 3.39. The summed E-state index contributed by atoms with van der Waals surface area (Å²) >= 11 is 0. The van der Waals surface area contributed by atoms with Gasteiger partial charge in [0.15, 0.2) is 5.82 Å². The molecule has 0 radical (unpaired) electrons. The molecule has 0 spiro atoms. The van der Waals surface area contributed by atoms with Crippen LogP contribution >= 0.6 is 0 Å². The molecule has 0 bridgehead atoms. The number of fused-ring (bicyclic) bond motifs is 1. The highest BCUT2D eigenvalue weighted by Gasteiger charge is 2.27. The Morgan fingerprint density at radius 1 is 1.35 bits per heavy atom. The van der Waals surface area contributed by atoms with E-state index in [9.17, 15) is 9.90 Å². The number of rotatable bonds is 4. The molecule has 0 unspecified atom stereocenters. The summed E-state index contributed by atoms with van der Waals surface area (Å²) in [4.78, 5) is 18.1.